The van der Waals surface area contributed by atoms with E-state index in [-0.39, 0.29) is 29.2 Å². The monoisotopic (exact) mass is 474 g/mol. The molecular weight excluding hydrogens is 444 g/mol. The largest absolute Gasteiger partial charge is 0.369 e. The third-order valence-electron chi connectivity index (χ3n) is 7.15. The summed E-state index contributed by atoms with van der Waals surface area (Å²) < 4.78 is 1.67. The van der Waals surface area contributed by atoms with Crippen LogP contribution < -0.4 is 16.2 Å². The summed E-state index contributed by atoms with van der Waals surface area (Å²) in [6.45, 7) is 2.62. The fraction of sp³-hybridized carbons (Fsp3) is 0.423. The SMILES string of the molecule is NC(=O)C1CCN(C(=O)C2CCCN(c3nc4cccnc4n(Cc4ccccc4)c3=O)C2)CC1. The third-order valence-corrected chi connectivity index (χ3v) is 7.15. The van der Waals surface area contributed by atoms with E-state index in [2.05, 4.69) is 4.98 Å². The van der Waals surface area contributed by atoms with E-state index in [0.29, 0.717) is 62.5 Å². The van der Waals surface area contributed by atoms with Crippen molar-refractivity contribution in [2.24, 2.45) is 17.6 Å². The summed E-state index contributed by atoms with van der Waals surface area (Å²) >= 11 is 0. The normalized spacial score (nSPS) is 19.1. The number of nitrogens with two attached hydrogens (primary N) is 1. The number of hydrogen-bond donors (Lipinski definition) is 1. The Bertz CT molecular complexity index is 1280. The molecule has 2 amide bonds. The number of anilines is 1. The number of amides is 2. The molecule has 0 bridgehead atoms. The lowest BCUT2D eigenvalue weighted by Gasteiger charge is -2.37. The van der Waals surface area contributed by atoms with Gasteiger partial charge in [-0.15, -0.1) is 0 Å². The second kappa shape index (κ2) is 9.85. The van der Waals surface area contributed by atoms with Crippen LogP contribution in [0.1, 0.15) is 31.2 Å². The fourth-order valence-electron chi connectivity index (χ4n) is 5.19. The first-order valence-electron chi connectivity index (χ1n) is 12.2. The van der Waals surface area contributed by atoms with E-state index in [1.165, 1.54) is 0 Å². The maximum atomic E-state index is 13.6. The molecular formula is C26H30N6O3. The number of pyridine rings is 1. The summed E-state index contributed by atoms with van der Waals surface area (Å²) in [6.07, 6.45) is 4.47. The molecule has 2 aliphatic heterocycles. The first-order chi connectivity index (χ1) is 17.0. The molecule has 4 heterocycles. The number of hydrogen-bond acceptors (Lipinski definition) is 6. The van der Waals surface area contributed by atoms with E-state index in [1.807, 2.05) is 52.3 Å². The standard InChI is InChI=1S/C26H30N6O3/c27-22(33)19-10-14-30(15-11-19)25(34)20-8-5-13-31(17-20)24-26(35)32(16-18-6-2-1-3-7-18)23-21(29-24)9-4-12-28-23/h1-4,6-7,9,12,19-20H,5,8,10-11,13-17H2,(H2,27,33). The van der Waals surface area contributed by atoms with Gasteiger partial charge in [0.1, 0.15) is 5.52 Å². The van der Waals surface area contributed by atoms with Crippen molar-refractivity contribution in [1.29, 1.82) is 0 Å². The minimum Gasteiger partial charge on any atom is -0.369 e. The summed E-state index contributed by atoms with van der Waals surface area (Å²) in [6, 6.07) is 13.5. The zero-order chi connectivity index (χ0) is 24.4. The quantitative estimate of drug-likeness (QED) is 0.603. The summed E-state index contributed by atoms with van der Waals surface area (Å²) in [7, 11) is 0. The Morgan fingerprint density at radius 2 is 1.74 bits per heavy atom. The van der Waals surface area contributed by atoms with Gasteiger partial charge >= 0.3 is 0 Å². The topological polar surface area (TPSA) is 114 Å². The summed E-state index contributed by atoms with van der Waals surface area (Å²) in [5, 5.41) is 0. The molecule has 2 saturated heterocycles. The van der Waals surface area contributed by atoms with E-state index >= 15 is 0 Å². The smallest absolute Gasteiger partial charge is 0.295 e. The lowest BCUT2D eigenvalue weighted by atomic mass is 9.92. The zero-order valence-corrected chi connectivity index (χ0v) is 19.7. The number of nitrogens with zero attached hydrogens (tertiary/aromatic N) is 5. The first-order valence-corrected chi connectivity index (χ1v) is 12.2. The molecule has 5 rings (SSSR count). The molecule has 0 saturated carbocycles. The van der Waals surface area contributed by atoms with Gasteiger partial charge in [-0.05, 0) is 43.4 Å². The highest BCUT2D eigenvalue weighted by atomic mass is 16.2. The lowest BCUT2D eigenvalue weighted by molar-refractivity contribution is -0.138. The van der Waals surface area contributed by atoms with Gasteiger partial charge in [-0.2, -0.15) is 0 Å². The van der Waals surface area contributed by atoms with Gasteiger partial charge in [-0.25, -0.2) is 9.97 Å². The van der Waals surface area contributed by atoms with Crippen LogP contribution in [-0.4, -0.2) is 57.4 Å². The van der Waals surface area contributed by atoms with Gasteiger partial charge in [0.05, 0.1) is 12.5 Å². The van der Waals surface area contributed by atoms with E-state index in [4.69, 9.17) is 10.7 Å². The van der Waals surface area contributed by atoms with Crippen molar-refractivity contribution in [3.8, 4) is 0 Å². The molecule has 1 aromatic carbocycles. The number of benzene rings is 1. The van der Waals surface area contributed by atoms with Gasteiger partial charge in [-0.1, -0.05) is 30.3 Å². The van der Waals surface area contributed by atoms with Crippen LogP contribution in [0.4, 0.5) is 5.82 Å². The predicted octanol–water partition coefficient (Wildman–Crippen LogP) is 1.78. The van der Waals surface area contributed by atoms with Crippen LogP contribution in [0.2, 0.25) is 0 Å². The van der Waals surface area contributed by atoms with Crippen LogP contribution in [0.15, 0.2) is 53.5 Å². The number of rotatable bonds is 5. The number of carbonyl (C=O) groups is 2. The molecule has 0 aliphatic carbocycles. The minimum absolute atomic E-state index is 0.0877. The number of likely N-dealkylation sites (tertiary alicyclic amines) is 1. The summed E-state index contributed by atoms with van der Waals surface area (Å²) in [4.78, 5) is 51.3. The number of carbonyl (C=O) groups excluding carboxylic acids is 2. The van der Waals surface area contributed by atoms with Gasteiger partial charge < -0.3 is 15.5 Å². The molecule has 35 heavy (non-hydrogen) atoms. The molecule has 1 unspecified atom stereocenters. The second-order valence-electron chi connectivity index (χ2n) is 9.45. The van der Waals surface area contributed by atoms with Crippen LogP contribution in [0.25, 0.3) is 11.2 Å². The van der Waals surface area contributed by atoms with Crippen molar-refractivity contribution in [2.75, 3.05) is 31.1 Å². The third kappa shape index (κ3) is 4.76. The molecule has 182 valence electrons. The molecule has 2 aliphatic rings. The summed E-state index contributed by atoms with van der Waals surface area (Å²) in [5.74, 6) is -0.191. The number of piperidine rings is 2. The zero-order valence-electron chi connectivity index (χ0n) is 19.7. The molecule has 0 radical (unpaired) electrons. The van der Waals surface area contributed by atoms with Crippen LogP contribution >= 0.6 is 0 Å². The van der Waals surface area contributed by atoms with E-state index in [0.717, 1.165) is 18.4 Å². The van der Waals surface area contributed by atoms with Crippen molar-refractivity contribution in [3.05, 3.63) is 64.6 Å². The highest BCUT2D eigenvalue weighted by Gasteiger charge is 2.33. The van der Waals surface area contributed by atoms with E-state index < -0.39 is 0 Å². The van der Waals surface area contributed by atoms with Crippen LogP contribution in [0.5, 0.6) is 0 Å². The fourth-order valence-corrected chi connectivity index (χ4v) is 5.19. The Kier molecular flexibility index (Phi) is 6.48. The van der Waals surface area contributed by atoms with Crippen molar-refractivity contribution >= 4 is 28.8 Å². The van der Waals surface area contributed by atoms with Gasteiger partial charge in [0, 0.05) is 38.3 Å². The van der Waals surface area contributed by atoms with Crippen LogP contribution in [0, 0.1) is 11.8 Å². The highest BCUT2D eigenvalue weighted by molar-refractivity contribution is 5.81. The molecule has 0 spiro atoms. The first kappa shape index (κ1) is 23.0. The highest BCUT2D eigenvalue weighted by Crippen LogP contribution is 2.25. The number of aromatic nitrogens is 3. The average molecular weight is 475 g/mol. The lowest BCUT2D eigenvalue weighted by Crippen LogP contribution is -2.49. The van der Waals surface area contributed by atoms with Gasteiger partial charge in [-0.3, -0.25) is 19.0 Å². The Hall–Kier alpha value is -3.75. The minimum atomic E-state index is -0.287. The molecule has 2 fully saturated rings. The summed E-state index contributed by atoms with van der Waals surface area (Å²) in [5.41, 5.74) is 7.44. The van der Waals surface area contributed by atoms with Gasteiger partial charge in [0.2, 0.25) is 11.8 Å². The Labute approximate surface area is 203 Å². The van der Waals surface area contributed by atoms with Crippen molar-refractivity contribution < 1.29 is 9.59 Å². The number of primary amides is 1. The second-order valence-corrected chi connectivity index (χ2v) is 9.45. The molecule has 9 nitrogen and oxygen atoms in total. The van der Waals surface area contributed by atoms with Gasteiger partial charge in [0.15, 0.2) is 11.5 Å². The van der Waals surface area contributed by atoms with E-state index in [1.54, 1.807) is 10.8 Å². The van der Waals surface area contributed by atoms with Crippen molar-refractivity contribution in [1.82, 2.24) is 19.4 Å². The number of fused-ring (bicyclic) bond motifs is 1. The molecule has 2 aromatic heterocycles. The average Bonchev–Trinajstić information content (AvgIpc) is 2.90. The molecule has 2 N–H and O–H groups in total. The van der Waals surface area contributed by atoms with Crippen LogP contribution in [0.3, 0.4) is 0 Å². The Morgan fingerprint density at radius 3 is 2.49 bits per heavy atom. The molecule has 3 aromatic rings. The predicted molar refractivity (Wildman–Crippen MR) is 133 cm³/mol. The van der Waals surface area contributed by atoms with E-state index in [9.17, 15) is 14.4 Å². The van der Waals surface area contributed by atoms with Crippen molar-refractivity contribution in [2.45, 2.75) is 32.2 Å². The Balaban J connectivity index is 1.40. The molecule has 1 atom stereocenters. The van der Waals surface area contributed by atoms with Crippen molar-refractivity contribution in [3.63, 3.8) is 0 Å². The maximum Gasteiger partial charge on any atom is 0.295 e. The maximum absolute atomic E-state index is 13.6. The van der Waals surface area contributed by atoms with Gasteiger partial charge in [0.25, 0.3) is 5.56 Å². The Morgan fingerprint density at radius 1 is 0.971 bits per heavy atom. The molecule has 9 heteroatoms. The van der Waals surface area contributed by atoms with Crippen LogP contribution in [-0.2, 0) is 16.1 Å².